The van der Waals surface area contributed by atoms with E-state index < -0.39 is 0 Å². The van der Waals surface area contributed by atoms with Crippen LogP contribution < -0.4 is 5.32 Å². The summed E-state index contributed by atoms with van der Waals surface area (Å²) in [5.74, 6) is 0.00463. The Morgan fingerprint density at radius 2 is 1.18 bits per heavy atom. The monoisotopic (exact) mass is 244 g/mol. The molecule has 0 aliphatic heterocycles. The van der Waals surface area contributed by atoms with Gasteiger partial charge in [-0.15, -0.1) is 0 Å². The first-order chi connectivity index (χ1) is 8.16. The van der Waals surface area contributed by atoms with Crippen molar-refractivity contribution in [1.82, 2.24) is 9.88 Å². The van der Waals surface area contributed by atoms with Crippen LogP contribution in [0.1, 0.15) is 48.5 Å². The molecule has 1 amide bonds. The molecular weight excluding hydrogens is 212 g/mol. The van der Waals surface area contributed by atoms with E-state index in [1.165, 1.54) is 6.92 Å². The van der Waals surface area contributed by atoms with E-state index in [1.807, 2.05) is 77.7 Å². The number of rotatable bonds is 0. The van der Waals surface area contributed by atoms with E-state index in [-0.39, 0.29) is 5.91 Å². The fraction of sp³-hybridized carbons (Fsp3) is 0.643. The fourth-order valence-electron chi connectivity index (χ4n) is 0.421. The standard InChI is InChI=1S/C5H7N.C3H7NO.3C2H6/c1-6-4-2-3-5-6;1-3(5)4-2;3*1-2/h2-5H,1H3;1-2H3,(H,4,5);3*1-2H3. The van der Waals surface area contributed by atoms with E-state index in [0.29, 0.717) is 0 Å². The lowest BCUT2D eigenvalue weighted by Crippen LogP contribution is -2.11. The summed E-state index contributed by atoms with van der Waals surface area (Å²) in [6, 6.07) is 4.00. The van der Waals surface area contributed by atoms with E-state index >= 15 is 0 Å². The molecule has 0 aliphatic rings. The quantitative estimate of drug-likeness (QED) is 0.739. The maximum absolute atomic E-state index is 9.70. The molecular formula is C14H32N2O. The molecule has 17 heavy (non-hydrogen) atoms. The van der Waals surface area contributed by atoms with Crippen molar-refractivity contribution < 1.29 is 4.79 Å². The summed E-state index contributed by atoms with van der Waals surface area (Å²) in [6.45, 7) is 13.5. The van der Waals surface area contributed by atoms with Crippen LogP contribution in [0.15, 0.2) is 24.5 Å². The minimum atomic E-state index is 0.00463. The molecule has 0 spiro atoms. The second kappa shape index (κ2) is 29.3. The Labute approximate surface area is 108 Å². The number of aromatic nitrogens is 1. The topological polar surface area (TPSA) is 34.0 Å². The van der Waals surface area contributed by atoms with Gasteiger partial charge in [0.1, 0.15) is 0 Å². The molecule has 3 nitrogen and oxygen atoms in total. The number of nitrogens with zero attached hydrogens (tertiary/aromatic N) is 1. The van der Waals surface area contributed by atoms with Gasteiger partial charge in [-0.2, -0.15) is 0 Å². The molecule has 1 aromatic heterocycles. The fourth-order valence-corrected chi connectivity index (χ4v) is 0.421. The molecule has 0 aliphatic carbocycles. The molecule has 104 valence electrons. The zero-order valence-electron chi connectivity index (χ0n) is 13.2. The normalized spacial score (nSPS) is 6.18. The first kappa shape index (κ1) is 24.8. The molecule has 1 rings (SSSR count). The zero-order valence-corrected chi connectivity index (χ0v) is 13.2. The minimum Gasteiger partial charge on any atom is -0.359 e. The molecule has 0 bridgehead atoms. The van der Waals surface area contributed by atoms with Crippen molar-refractivity contribution in [2.75, 3.05) is 7.05 Å². The van der Waals surface area contributed by atoms with Crippen LogP contribution in [-0.2, 0) is 11.8 Å². The summed E-state index contributed by atoms with van der Waals surface area (Å²) in [5.41, 5.74) is 0. The molecule has 0 fully saturated rings. The van der Waals surface area contributed by atoms with Crippen LogP contribution >= 0.6 is 0 Å². The molecule has 0 atom stereocenters. The second-order valence-corrected chi connectivity index (χ2v) is 2.15. The summed E-state index contributed by atoms with van der Waals surface area (Å²) in [7, 11) is 3.60. The van der Waals surface area contributed by atoms with Gasteiger partial charge in [-0.3, -0.25) is 4.79 Å². The maximum Gasteiger partial charge on any atom is 0.216 e. The van der Waals surface area contributed by atoms with E-state index in [2.05, 4.69) is 5.32 Å². The van der Waals surface area contributed by atoms with Crippen molar-refractivity contribution in [3.63, 3.8) is 0 Å². The van der Waals surface area contributed by atoms with Gasteiger partial charge in [-0.1, -0.05) is 41.5 Å². The van der Waals surface area contributed by atoms with Crippen molar-refractivity contribution in [3.8, 4) is 0 Å². The summed E-state index contributed by atoms with van der Waals surface area (Å²) in [5, 5.41) is 2.39. The Kier molecular flexibility index (Phi) is 42.8. The molecule has 0 unspecified atom stereocenters. The molecule has 1 N–H and O–H groups in total. The van der Waals surface area contributed by atoms with Crippen LogP contribution in [0, 0.1) is 0 Å². The highest BCUT2D eigenvalue weighted by Gasteiger charge is 1.72. The van der Waals surface area contributed by atoms with Crippen LogP contribution in [0.25, 0.3) is 0 Å². The zero-order chi connectivity index (χ0) is 14.7. The highest BCUT2D eigenvalue weighted by atomic mass is 16.1. The Morgan fingerprint density at radius 1 is 0.941 bits per heavy atom. The Bertz CT molecular complexity index is 194. The predicted molar refractivity (Wildman–Crippen MR) is 79.2 cm³/mol. The van der Waals surface area contributed by atoms with E-state index in [0.717, 1.165) is 0 Å². The minimum absolute atomic E-state index is 0.00463. The van der Waals surface area contributed by atoms with Gasteiger partial charge < -0.3 is 9.88 Å². The first-order valence-electron chi connectivity index (χ1n) is 6.42. The van der Waals surface area contributed by atoms with Crippen molar-refractivity contribution in [1.29, 1.82) is 0 Å². The number of carbonyl (C=O) groups excluding carboxylic acids is 1. The van der Waals surface area contributed by atoms with Gasteiger partial charge in [-0.25, -0.2) is 0 Å². The summed E-state index contributed by atoms with van der Waals surface area (Å²) in [6.07, 6.45) is 4.00. The average molecular weight is 244 g/mol. The Balaban J connectivity index is -0.0000000701. The number of nitrogens with one attached hydrogen (secondary N) is 1. The number of carbonyl (C=O) groups is 1. The highest BCUT2D eigenvalue weighted by molar-refractivity contribution is 5.72. The largest absolute Gasteiger partial charge is 0.359 e. The molecule has 0 radical (unpaired) electrons. The van der Waals surface area contributed by atoms with E-state index in [9.17, 15) is 4.79 Å². The lowest BCUT2D eigenvalue weighted by Gasteiger charge is -1.80. The third kappa shape index (κ3) is 39.9. The van der Waals surface area contributed by atoms with Gasteiger partial charge in [0.05, 0.1) is 0 Å². The van der Waals surface area contributed by atoms with Crippen molar-refractivity contribution in [3.05, 3.63) is 24.5 Å². The van der Waals surface area contributed by atoms with Gasteiger partial charge in [0.2, 0.25) is 5.91 Å². The third-order valence-electron chi connectivity index (χ3n) is 1.11. The number of hydrogen-bond donors (Lipinski definition) is 1. The van der Waals surface area contributed by atoms with Gasteiger partial charge in [-0.05, 0) is 12.1 Å². The highest BCUT2D eigenvalue weighted by Crippen LogP contribution is 1.80. The smallest absolute Gasteiger partial charge is 0.216 e. The summed E-state index contributed by atoms with van der Waals surface area (Å²) in [4.78, 5) is 9.70. The van der Waals surface area contributed by atoms with E-state index in [1.54, 1.807) is 7.05 Å². The van der Waals surface area contributed by atoms with Crippen LogP contribution in [0.2, 0.25) is 0 Å². The molecule has 0 aromatic carbocycles. The summed E-state index contributed by atoms with van der Waals surface area (Å²) >= 11 is 0. The molecule has 3 heteroatoms. The molecule has 1 aromatic rings. The second-order valence-electron chi connectivity index (χ2n) is 2.15. The molecule has 1 heterocycles. The SMILES string of the molecule is CC.CC.CC.CNC(C)=O.Cn1cccc1. The predicted octanol–water partition coefficient (Wildman–Crippen LogP) is 3.86. The van der Waals surface area contributed by atoms with Crippen LogP contribution in [-0.4, -0.2) is 17.5 Å². The number of hydrogen-bond acceptors (Lipinski definition) is 1. The van der Waals surface area contributed by atoms with Crippen molar-refractivity contribution >= 4 is 5.91 Å². The third-order valence-corrected chi connectivity index (χ3v) is 1.11. The van der Waals surface area contributed by atoms with Crippen LogP contribution in [0.5, 0.6) is 0 Å². The Hall–Kier alpha value is -1.25. The molecule has 0 saturated heterocycles. The van der Waals surface area contributed by atoms with Gasteiger partial charge in [0.15, 0.2) is 0 Å². The number of amides is 1. The van der Waals surface area contributed by atoms with Gasteiger partial charge in [0, 0.05) is 33.4 Å². The lowest BCUT2D eigenvalue weighted by atomic mass is 10.7. The lowest BCUT2D eigenvalue weighted by molar-refractivity contribution is -0.118. The average Bonchev–Trinajstić information content (AvgIpc) is 2.88. The maximum atomic E-state index is 9.70. The van der Waals surface area contributed by atoms with Crippen LogP contribution in [0.4, 0.5) is 0 Å². The van der Waals surface area contributed by atoms with Gasteiger partial charge >= 0.3 is 0 Å². The summed E-state index contributed by atoms with van der Waals surface area (Å²) < 4.78 is 2.00. The van der Waals surface area contributed by atoms with Crippen LogP contribution in [0.3, 0.4) is 0 Å². The van der Waals surface area contributed by atoms with Crippen molar-refractivity contribution in [2.45, 2.75) is 48.5 Å². The van der Waals surface area contributed by atoms with E-state index in [4.69, 9.17) is 0 Å². The number of aryl methyl sites for hydroxylation is 1. The van der Waals surface area contributed by atoms with Crippen molar-refractivity contribution in [2.24, 2.45) is 7.05 Å². The molecule has 0 saturated carbocycles. The van der Waals surface area contributed by atoms with Gasteiger partial charge in [0.25, 0.3) is 0 Å². The Morgan fingerprint density at radius 3 is 1.24 bits per heavy atom. The first-order valence-corrected chi connectivity index (χ1v) is 6.42.